The van der Waals surface area contributed by atoms with Crippen molar-refractivity contribution in [2.75, 3.05) is 18.5 Å². The number of amides is 1. The second-order valence-corrected chi connectivity index (χ2v) is 6.85. The quantitative estimate of drug-likeness (QED) is 0.548. The fourth-order valence-electron chi connectivity index (χ4n) is 2.43. The number of ether oxygens (including phenoxy) is 2. The number of carbonyl (C=O) groups is 1. The number of carbonyl (C=O) groups excluding carboxylic acids is 1. The van der Waals surface area contributed by atoms with Gasteiger partial charge in [-0.05, 0) is 55.3 Å². The highest BCUT2D eigenvalue weighted by atomic mass is 32.1. The van der Waals surface area contributed by atoms with Gasteiger partial charge in [-0.2, -0.15) is 0 Å². The van der Waals surface area contributed by atoms with Crippen molar-refractivity contribution >= 4 is 38.7 Å². The van der Waals surface area contributed by atoms with Gasteiger partial charge < -0.3 is 9.47 Å². The predicted molar refractivity (Wildman–Crippen MR) is 111 cm³/mol. The molecule has 0 saturated heterocycles. The van der Waals surface area contributed by atoms with Crippen molar-refractivity contribution in [3.05, 3.63) is 54.1 Å². The van der Waals surface area contributed by atoms with Crippen LogP contribution in [0.15, 0.2) is 48.5 Å². The molecular weight excluding hydrogens is 360 g/mol. The van der Waals surface area contributed by atoms with Crippen molar-refractivity contribution in [2.24, 2.45) is 0 Å². The molecule has 0 spiro atoms. The molecule has 1 heterocycles. The molecule has 6 heteroatoms. The summed E-state index contributed by atoms with van der Waals surface area (Å²) in [6.07, 6.45) is 4.24. The first-order valence-corrected chi connectivity index (χ1v) is 9.75. The van der Waals surface area contributed by atoms with Gasteiger partial charge in [0.05, 0.1) is 23.4 Å². The topological polar surface area (TPSA) is 60.5 Å². The number of nitrogens with one attached hydrogen (secondary N) is 1. The van der Waals surface area contributed by atoms with Crippen LogP contribution in [0.2, 0.25) is 0 Å². The molecule has 0 atom stereocenters. The van der Waals surface area contributed by atoms with Gasteiger partial charge in [0.2, 0.25) is 5.91 Å². The Morgan fingerprint density at radius 3 is 2.63 bits per heavy atom. The van der Waals surface area contributed by atoms with E-state index in [0.29, 0.717) is 18.3 Å². The Bertz CT molecular complexity index is 932. The predicted octanol–water partition coefficient (Wildman–Crippen LogP) is 5.14. The molecule has 140 valence electrons. The van der Waals surface area contributed by atoms with Crippen LogP contribution >= 0.6 is 11.3 Å². The maximum atomic E-state index is 12.2. The van der Waals surface area contributed by atoms with E-state index in [9.17, 15) is 4.79 Å². The first-order chi connectivity index (χ1) is 13.2. The van der Waals surface area contributed by atoms with Gasteiger partial charge in [0.1, 0.15) is 11.5 Å². The normalized spacial score (nSPS) is 11.0. The molecule has 27 heavy (non-hydrogen) atoms. The number of hydrogen-bond acceptors (Lipinski definition) is 5. The second kappa shape index (κ2) is 9.19. The lowest BCUT2D eigenvalue weighted by molar-refractivity contribution is -0.111. The molecule has 0 radical (unpaired) electrons. The summed E-state index contributed by atoms with van der Waals surface area (Å²) in [6, 6.07) is 13.3. The van der Waals surface area contributed by atoms with E-state index in [-0.39, 0.29) is 5.91 Å². The van der Waals surface area contributed by atoms with Crippen LogP contribution in [-0.2, 0) is 4.79 Å². The molecule has 0 fully saturated rings. The minimum absolute atomic E-state index is 0.217. The summed E-state index contributed by atoms with van der Waals surface area (Å²) < 4.78 is 12.0. The number of fused-ring (bicyclic) bond motifs is 1. The Kier molecular flexibility index (Phi) is 6.44. The average molecular weight is 382 g/mol. The fourth-order valence-corrected chi connectivity index (χ4v) is 3.33. The number of nitrogens with zero attached hydrogens (tertiary/aromatic N) is 1. The van der Waals surface area contributed by atoms with Crippen molar-refractivity contribution in [1.82, 2.24) is 4.98 Å². The summed E-state index contributed by atoms with van der Waals surface area (Å²) in [6.45, 7) is 5.33. The van der Waals surface area contributed by atoms with E-state index < -0.39 is 0 Å². The standard InChI is InChI=1S/C21H22N2O3S/c1-3-13-26-16-8-5-15(6-9-16)7-12-20(24)23-21-22-18-11-10-17(25-4-2)14-19(18)27-21/h5-12,14H,3-4,13H2,1-2H3,(H,22,23,24)/b12-7+. The lowest BCUT2D eigenvalue weighted by atomic mass is 10.2. The van der Waals surface area contributed by atoms with Gasteiger partial charge in [0.25, 0.3) is 0 Å². The zero-order valence-electron chi connectivity index (χ0n) is 15.4. The SMILES string of the molecule is CCCOc1ccc(/C=C/C(=O)Nc2nc3ccc(OCC)cc3s2)cc1. The molecule has 0 unspecified atom stereocenters. The maximum absolute atomic E-state index is 12.2. The molecule has 2 aromatic carbocycles. The lowest BCUT2D eigenvalue weighted by Gasteiger charge is -2.03. The second-order valence-electron chi connectivity index (χ2n) is 5.82. The summed E-state index contributed by atoms with van der Waals surface area (Å²) >= 11 is 1.42. The maximum Gasteiger partial charge on any atom is 0.250 e. The summed E-state index contributed by atoms with van der Waals surface area (Å²) in [5.41, 5.74) is 1.77. The zero-order chi connectivity index (χ0) is 19.1. The molecule has 3 aromatic rings. The third kappa shape index (κ3) is 5.31. The molecule has 0 aliphatic heterocycles. The molecule has 1 N–H and O–H groups in total. The average Bonchev–Trinajstić information content (AvgIpc) is 3.07. The van der Waals surface area contributed by atoms with Gasteiger partial charge in [-0.25, -0.2) is 4.98 Å². The van der Waals surface area contributed by atoms with Crippen LogP contribution in [0.4, 0.5) is 5.13 Å². The van der Waals surface area contributed by atoms with Crippen LogP contribution in [0.25, 0.3) is 16.3 Å². The third-order valence-electron chi connectivity index (χ3n) is 3.68. The van der Waals surface area contributed by atoms with Gasteiger partial charge in [0, 0.05) is 6.08 Å². The highest BCUT2D eigenvalue weighted by Crippen LogP contribution is 2.29. The molecule has 1 amide bonds. The number of thiazole rings is 1. The van der Waals surface area contributed by atoms with Crippen LogP contribution in [0.5, 0.6) is 11.5 Å². The summed E-state index contributed by atoms with van der Waals surface area (Å²) in [5.74, 6) is 1.42. The van der Waals surface area contributed by atoms with Crippen LogP contribution < -0.4 is 14.8 Å². The summed E-state index contributed by atoms with van der Waals surface area (Å²) in [5, 5.41) is 3.37. The number of hydrogen-bond donors (Lipinski definition) is 1. The van der Waals surface area contributed by atoms with E-state index in [2.05, 4.69) is 17.2 Å². The van der Waals surface area contributed by atoms with Crippen molar-refractivity contribution in [3.8, 4) is 11.5 Å². The summed E-state index contributed by atoms with van der Waals surface area (Å²) in [4.78, 5) is 16.6. The number of benzene rings is 2. The van der Waals surface area contributed by atoms with Crippen LogP contribution in [-0.4, -0.2) is 24.1 Å². The number of anilines is 1. The Morgan fingerprint density at radius 1 is 1.11 bits per heavy atom. The Hall–Kier alpha value is -2.86. The fraction of sp³-hybridized carbons (Fsp3) is 0.238. The van der Waals surface area contributed by atoms with E-state index in [1.165, 1.54) is 17.4 Å². The van der Waals surface area contributed by atoms with Gasteiger partial charge in [0.15, 0.2) is 5.13 Å². The number of aromatic nitrogens is 1. The number of rotatable bonds is 8. The smallest absolute Gasteiger partial charge is 0.250 e. The van der Waals surface area contributed by atoms with Crippen molar-refractivity contribution in [2.45, 2.75) is 20.3 Å². The largest absolute Gasteiger partial charge is 0.494 e. The molecule has 5 nitrogen and oxygen atoms in total. The van der Waals surface area contributed by atoms with Crippen molar-refractivity contribution < 1.29 is 14.3 Å². The Labute approximate surface area is 162 Å². The van der Waals surface area contributed by atoms with Gasteiger partial charge in [-0.1, -0.05) is 30.4 Å². The minimum Gasteiger partial charge on any atom is -0.494 e. The van der Waals surface area contributed by atoms with Crippen LogP contribution in [0.3, 0.4) is 0 Å². The van der Waals surface area contributed by atoms with Crippen LogP contribution in [0, 0.1) is 0 Å². The van der Waals surface area contributed by atoms with E-state index >= 15 is 0 Å². The van der Waals surface area contributed by atoms with E-state index in [1.54, 1.807) is 6.08 Å². The van der Waals surface area contributed by atoms with Gasteiger partial charge in [-0.3, -0.25) is 10.1 Å². The molecule has 0 aliphatic rings. The minimum atomic E-state index is -0.217. The van der Waals surface area contributed by atoms with Crippen molar-refractivity contribution in [3.63, 3.8) is 0 Å². The van der Waals surface area contributed by atoms with Gasteiger partial charge in [-0.15, -0.1) is 0 Å². The Morgan fingerprint density at radius 2 is 1.89 bits per heavy atom. The highest BCUT2D eigenvalue weighted by Gasteiger charge is 2.07. The monoisotopic (exact) mass is 382 g/mol. The Balaban J connectivity index is 1.61. The van der Waals surface area contributed by atoms with Gasteiger partial charge >= 0.3 is 0 Å². The first-order valence-electron chi connectivity index (χ1n) is 8.93. The van der Waals surface area contributed by atoms with E-state index in [4.69, 9.17) is 9.47 Å². The molecule has 0 saturated carbocycles. The molecule has 0 bridgehead atoms. The third-order valence-corrected chi connectivity index (χ3v) is 4.61. The van der Waals surface area contributed by atoms with Crippen molar-refractivity contribution in [1.29, 1.82) is 0 Å². The van der Waals surface area contributed by atoms with E-state index in [1.807, 2.05) is 49.4 Å². The lowest BCUT2D eigenvalue weighted by Crippen LogP contribution is -2.07. The van der Waals surface area contributed by atoms with Crippen LogP contribution in [0.1, 0.15) is 25.8 Å². The molecule has 1 aromatic heterocycles. The highest BCUT2D eigenvalue weighted by molar-refractivity contribution is 7.22. The van der Waals surface area contributed by atoms with E-state index in [0.717, 1.165) is 33.7 Å². The molecular formula is C21H22N2O3S. The first kappa shape index (κ1) is 18.9. The summed E-state index contributed by atoms with van der Waals surface area (Å²) in [7, 11) is 0. The molecule has 0 aliphatic carbocycles. The zero-order valence-corrected chi connectivity index (χ0v) is 16.2. The molecule has 3 rings (SSSR count).